The van der Waals surface area contributed by atoms with Gasteiger partial charge in [-0.3, -0.25) is 10.1 Å². The highest BCUT2D eigenvalue weighted by Crippen LogP contribution is 2.30. The summed E-state index contributed by atoms with van der Waals surface area (Å²) in [4.78, 5) is 12.7. The molecule has 0 aromatic heterocycles. The first-order valence-electron chi connectivity index (χ1n) is 7.69. The lowest BCUT2D eigenvalue weighted by Gasteiger charge is -2.28. The summed E-state index contributed by atoms with van der Waals surface area (Å²) < 4.78 is 0. The zero-order valence-corrected chi connectivity index (χ0v) is 13.4. The monoisotopic (exact) mass is 331 g/mol. The molecule has 1 aliphatic heterocycles. The van der Waals surface area contributed by atoms with Crippen LogP contribution in [0.25, 0.3) is 0 Å². The van der Waals surface area contributed by atoms with Gasteiger partial charge in [-0.1, -0.05) is 11.6 Å². The number of non-ortho nitro benzene ring substituents is 1. The number of rotatable bonds is 4. The molecule has 0 bridgehead atoms. The molecule has 1 fully saturated rings. The summed E-state index contributed by atoms with van der Waals surface area (Å²) in [5, 5.41) is 14.3. The molecule has 1 aliphatic rings. The standard InChI is InChI=1S/C17H18ClN3O2/c18-16-12-15(21(22)23)8-9-17(16)19-13-4-6-14(7-5-13)20-10-2-1-3-11-20/h4-9,12,19H,1-3,10-11H2. The Morgan fingerprint density at radius 1 is 1.04 bits per heavy atom. The van der Waals surface area contributed by atoms with Crippen LogP contribution in [0.15, 0.2) is 42.5 Å². The Kier molecular flexibility index (Phi) is 4.67. The Balaban J connectivity index is 1.72. The first-order chi connectivity index (χ1) is 11.1. The predicted molar refractivity (Wildman–Crippen MR) is 93.9 cm³/mol. The van der Waals surface area contributed by atoms with Gasteiger partial charge in [0.2, 0.25) is 0 Å². The van der Waals surface area contributed by atoms with Gasteiger partial charge in [-0.15, -0.1) is 0 Å². The zero-order valence-electron chi connectivity index (χ0n) is 12.7. The maximum atomic E-state index is 10.7. The molecule has 0 amide bonds. The molecule has 0 atom stereocenters. The topological polar surface area (TPSA) is 58.4 Å². The summed E-state index contributed by atoms with van der Waals surface area (Å²) in [6, 6.07) is 12.6. The summed E-state index contributed by atoms with van der Waals surface area (Å²) in [5.41, 5.74) is 2.77. The minimum absolute atomic E-state index is 0.0130. The molecule has 1 heterocycles. The number of nitrogens with one attached hydrogen (secondary N) is 1. The first kappa shape index (κ1) is 15.6. The maximum Gasteiger partial charge on any atom is 0.271 e. The van der Waals surface area contributed by atoms with Crippen LogP contribution in [-0.4, -0.2) is 18.0 Å². The number of nitrogens with zero attached hydrogens (tertiary/aromatic N) is 2. The van der Waals surface area contributed by atoms with Crippen LogP contribution in [0, 0.1) is 10.1 Å². The lowest BCUT2D eigenvalue weighted by molar-refractivity contribution is -0.384. The maximum absolute atomic E-state index is 10.7. The number of hydrogen-bond donors (Lipinski definition) is 1. The van der Waals surface area contributed by atoms with Crippen LogP contribution < -0.4 is 10.2 Å². The van der Waals surface area contributed by atoms with Crippen LogP contribution >= 0.6 is 11.6 Å². The number of nitro groups is 1. The fourth-order valence-corrected chi connectivity index (χ4v) is 3.00. The third kappa shape index (κ3) is 3.74. The van der Waals surface area contributed by atoms with E-state index in [1.54, 1.807) is 6.07 Å². The molecule has 0 spiro atoms. The van der Waals surface area contributed by atoms with Crippen molar-refractivity contribution in [3.05, 3.63) is 57.6 Å². The van der Waals surface area contributed by atoms with Gasteiger partial charge in [-0.25, -0.2) is 0 Å². The molecular weight excluding hydrogens is 314 g/mol. The molecule has 0 saturated carbocycles. The van der Waals surface area contributed by atoms with Gasteiger partial charge in [0.1, 0.15) is 0 Å². The minimum atomic E-state index is -0.455. The smallest absolute Gasteiger partial charge is 0.271 e. The SMILES string of the molecule is O=[N+]([O-])c1ccc(Nc2ccc(N3CCCCC3)cc2)c(Cl)c1. The fraction of sp³-hybridized carbons (Fsp3) is 0.294. The van der Waals surface area contributed by atoms with E-state index < -0.39 is 4.92 Å². The highest BCUT2D eigenvalue weighted by atomic mass is 35.5. The van der Waals surface area contributed by atoms with Crippen molar-refractivity contribution >= 4 is 34.4 Å². The molecule has 2 aromatic carbocycles. The zero-order chi connectivity index (χ0) is 16.2. The average Bonchev–Trinajstić information content (AvgIpc) is 2.58. The van der Waals surface area contributed by atoms with E-state index in [4.69, 9.17) is 11.6 Å². The average molecular weight is 332 g/mol. The summed E-state index contributed by atoms with van der Waals surface area (Å²) in [7, 11) is 0. The van der Waals surface area contributed by atoms with Crippen LogP contribution in [-0.2, 0) is 0 Å². The molecule has 0 unspecified atom stereocenters. The van der Waals surface area contributed by atoms with E-state index in [0.717, 1.165) is 18.8 Å². The molecule has 2 aromatic rings. The molecule has 5 nitrogen and oxygen atoms in total. The molecular formula is C17H18ClN3O2. The summed E-state index contributed by atoms with van der Waals surface area (Å²) in [5.74, 6) is 0. The van der Waals surface area contributed by atoms with E-state index in [9.17, 15) is 10.1 Å². The van der Waals surface area contributed by atoms with Gasteiger partial charge >= 0.3 is 0 Å². The lowest BCUT2D eigenvalue weighted by Crippen LogP contribution is -2.29. The molecule has 3 rings (SSSR count). The van der Waals surface area contributed by atoms with Crippen LogP contribution in [0.1, 0.15) is 19.3 Å². The second kappa shape index (κ2) is 6.87. The molecule has 1 saturated heterocycles. The minimum Gasteiger partial charge on any atom is -0.372 e. The largest absolute Gasteiger partial charge is 0.372 e. The van der Waals surface area contributed by atoms with Crippen molar-refractivity contribution in [2.24, 2.45) is 0 Å². The van der Waals surface area contributed by atoms with Crippen LogP contribution in [0.3, 0.4) is 0 Å². The molecule has 23 heavy (non-hydrogen) atoms. The number of halogens is 1. The van der Waals surface area contributed by atoms with E-state index in [2.05, 4.69) is 22.3 Å². The Bertz CT molecular complexity index is 697. The fourth-order valence-electron chi connectivity index (χ4n) is 2.78. The third-order valence-corrected chi connectivity index (χ3v) is 4.34. The molecule has 0 radical (unpaired) electrons. The lowest BCUT2D eigenvalue weighted by atomic mass is 10.1. The number of piperidine rings is 1. The number of benzene rings is 2. The van der Waals surface area contributed by atoms with Gasteiger partial charge in [0.25, 0.3) is 5.69 Å². The van der Waals surface area contributed by atoms with Crippen LogP contribution in [0.5, 0.6) is 0 Å². The van der Waals surface area contributed by atoms with Crippen LogP contribution in [0.2, 0.25) is 5.02 Å². The highest BCUT2D eigenvalue weighted by molar-refractivity contribution is 6.33. The molecule has 120 valence electrons. The quantitative estimate of drug-likeness (QED) is 0.634. The van der Waals surface area contributed by atoms with Crippen LogP contribution in [0.4, 0.5) is 22.7 Å². The Morgan fingerprint density at radius 3 is 2.35 bits per heavy atom. The summed E-state index contributed by atoms with van der Waals surface area (Å²) in [6.07, 6.45) is 3.81. The van der Waals surface area contributed by atoms with Gasteiger partial charge in [0.15, 0.2) is 0 Å². The van der Waals surface area contributed by atoms with Gasteiger partial charge in [-0.05, 0) is 49.6 Å². The molecule has 6 heteroatoms. The number of hydrogen-bond acceptors (Lipinski definition) is 4. The molecule has 1 N–H and O–H groups in total. The highest BCUT2D eigenvalue weighted by Gasteiger charge is 2.12. The van der Waals surface area contributed by atoms with Gasteiger partial charge < -0.3 is 10.2 Å². The second-order valence-corrected chi connectivity index (χ2v) is 6.05. The van der Waals surface area contributed by atoms with Crippen molar-refractivity contribution in [2.45, 2.75) is 19.3 Å². The summed E-state index contributed by atoms with van der Waals surface area (Å²) in [6.45, 7) is 2.22. The van der Waals surface area contributed by atoms with Crippen molar-refractivity contribution < 1.29 is 4.92 Å². The van der Waals surface area contributed by atoms with Gasteiger partial charge in [0.05, 0.1) is 15.6 Å². The number of nitro benzene ring substituents is 1. The van der Waals surface area contributed by atoms with Crippen molar-refractivity contribution in [1.29, 1.82) is 0 Å². The van der Waals surface area contributed by atoms with Crippen molar-refractivity contribution in [3.8, 4) is 0 Å². The Labute approximate surface area is 140 Å². The van der Waals surface area contributed by atoms with Crippen molar-refractivity contribution in [3.63, 3.8) is 0 Å². The summed E-state index contributed by atoms with van der Waals surface area (Å²) >= 11 is 6.10. The van der Waals surface area contributed by atoms with Gasteiger partial charge in [-0.2, -0.15) is 0 Å². The van der Waals surface area contributed by atoms with E-state index in [1.165, 1.54) is 37.1 Å². The van der Waals surface area contributed by atoms with Crippen molar-refractivity contribution in [1.82, 2.24) is 0 Å². The van der Waals surface area contributed by atoms with E-state index >= 15 is 0 Å². The molecule has 0 aliphatic carbocycles. The first-order valence-corrected chi connectivity index (χ1v) is 8.07. The van der Waals surface area contributed by atoms with Crippen molar-refractivity contribution in [2.75, 3.05) is 23.3 Å². The van der Waals surface area contributed by atoms with E-state index in [0.29, 0.717) is 10.7 Å². The number of anilines is 3. The Morgan fingerprint density at radius 2 is 1.74 bits per heavy atom. The predicted octanol–water partition coefficient (Wildman–Crippen LogP) is 4.98. The Hall–Kier alpha value is -2.27. The normalized spacial score (nSPS) is 14.6. The second-order valence-electron chi connectivity index (χ2n) is 5.64. The van der Waals surface area contributed by atoms with Gasteiger partial charge in [0, 0.05) is 36.6 Å². The van der Waals surface area contributed by atoms with E-state index in [1.807, 2.05) is 12.1 Å². The van der Waals surface area contributed by atoms with E-state index in [-0.39, 0.29) is 5.69 Å². The third-order valence-electron chi connectivity index (χ3n) is 4.03.